The topological polar surface area (TPSA) is 0 Å². The summed E-state index contributed by atoms with van der Waals surface area (Å²) in [6.07, 6.45) is 25.9. The lowest BCUT2D eigenvalue weighted by atomic mass is 9.27. The maximum Gasteiger partial charge on any atom is 0.0304 e. The van der Waals surface area contributed by atoms with E-state index in [1.165, 1.54) is 92.9 Å². The zero-order chi connectivity index (χ0) is 31.8. The van der Waals surface area contributed by atoms with Gasteiger partial charge in [-0.3, -0.25) is 0 Å². The Morgan fingerprint density at radius 1 is 0.396 bits per heavy atom. The van der Waals surface area contributed by atoms with Gasteiger partial charge in [0.15, 0.2) is 0 Å². The highest BCUT2D eigenvalue weighted by atomic mass is 14.8. The summed E-state index contributed by atoms with van der Waals surface area (Å²) in [5.74, 6) is 5.38. The van der Waals surface area contributed by atoms with Gasteiger partial charge in [0.2, 0.25) is 0 Å². The average Bonchev–Trinajstić information content (AvgIpc) is 3.11. The Morgan fingerprint density at radius 3 is 1.25 bits per heavy atom. The molecule has 8 fully saturated rings. The minimum atomic E-state index is 0.00132. The molecule has 8 bridgehead atoms. The largest absolute Gasteiger partial charge is 0.0622 e. The van der Waals surface area contributed by atoms with Crippen molar-refractivity contribution in [3.05, 3.63) is 143 Å². The lowest BCUT2D eigenvalue weighted by Crippen LogP contribution is -2.71. The van der Waals surface area contributed by atoms with Crippen molar-refractivity contribution in [2.24, 2.45) is 46.3 Å². The van der Waals surface area contributed by atoms with Crippen molar-refractivity contribution in [1.82, 2.24) is 0 Å². The Kier molecular flexibility index (Phi) is 6.83. The molecule has 0 aliphatic heterocycles. The number of hydrogen-bond donors (Lipinski definition) is 0. The second-order valence-electron chi connectivity index (χ2n) is 17.3. The van der Waals surface area contributed by atoms with Crippen molar-refractivity contribution >= 4 is 24.3 Å². The Hall–Kier alpha value is -3.64. The van der Waals surface area contributed by atoms with E-state index in [0.29, 0.717) is 16.7 Å². The predicted molar refractivity (Wildman–Crippen MR) is 201 cm³/mol. The first kappa shape index (κ1) is 29.3. The normalized spacial score (nSPS) is 37.6. The van der Waals surface area contributed by atoms with E-state index in [-0.39, 0.29) is 5.41 Å². The molecule has 4 aromatic rings. The van der Waals surface area contributed by atoms with Crippen molar-refractivity contribution < 1.29 is 0 Å². The summed E-state index contributed by atoms with van der Waals surface area (Å²) in [6, 6.07) is 41.4. The fourth-order valence-corrected chi connectivity index (χ4v) is 14.2. The summed E-state index contributed by atoms with van der Waals surface area (Å²) in [5, 5.41) is 0. The summed E-state index contributed by atoms with van der Waals surface area (Å²) >= 11 is 0. The van der Waals surface area contributed by atoms with Gasteiger partial charge < -0.3 is 0 Å². The first-order chi connectivity index (χ1) is 23.6. The van der Waals surface area contributed by atoms with Crippen LogP contribution in [-0.4, -0.2) is 0 Å². The predicted octanol–water partition coefficient (Wildman–Crippen LogP) is 12.4. The standard InChI is InChI=1S/C48H50/c1-3-11-34(12-4-1)19-21-41-15-7-9-17-44(41)48(45-18-10-8-16-42(45)22-20-35-13-5-2-6-14-35)43-27-39-26-40(28-43)33-47(48,32-39)46-29-36-23-37(30-46)25-38(24-36)31-46/h1-22,36-40,43H,23-33H2. The van der Waals surface area contributed by atoms with Crippen LogP contribution < -0.4 is 0 Å². The lowest BCUT2D eigenvalue weighted by molar-refractivity contribution is -0.234. The fraction of sp³-hybridized carbons (Fsp3) is 0.417. The van der Waals surface area contributed by atoms with Crippen LogP contribution in [0.2, 0.25) is 0 Å². The van der Waals surface area contributed by atoms with Gasteiger partial charge in [0, 0.05) is 5.41 Å². The quantitative estimate of drug-likeness (QED) is 0.179. The van der Waals surface area contributed by atoms with Gasteiger partial charge in [-0.15, -0.1) is 0 Å². The Labute approximate surface area is 288 Å². The Bertz CT molecular complexity index is 1710. The molecule has 0 radical (unpaired) electrons. The van der Waals surface area contributed by atoms with E-state index in [1.807, 2.05) is 0 Å². The van der Waals surface area contributed by atoms with Crippen LogP contribution in [0.15, 0.2) is 109 Å². The van der Waals surface area contributed by atoms with Gasteiger partial charge in [-0.05, 0) is 150 Å². The van der Waals surface area contributed by atoms with Gasteiger partial charge in [-0.2, -0.15) is 0 Å². The van der Waals surface area contributed by atoms with Crippen LogP contribution in [0, 0.1) is 46.3 Å². The summed E-state index contributed by atoms with van der Waals surface area (Å²) < 4.78 is 0. The van der Waals surface area contributed by atoms with E-state index in [9.17, 15) is 0 Å². The zero-order valence-corrected chi connectivity index (χ0v) is 28.4. The van der Waals surface area contributed by atoms with Crippen molar-refractivity contribution in [3.8, 4) is 0 Å². The molecule has 0 heterocycles. The first-order valence-electron chi connectivity index (χ1n) is 19.3. The molecule has 2 unspecified atom stereocenters. The number of hydrogen-bond acceptors (Lipinski definition) is 0. The summed E-state index contributed by atoms with van der Waals surface area (Å²) in [4.78, 5) is 0. The molecule has 0 nitrogen and oxygen atoms in total. The van der Waals surface area contributed by atoms with Crippen LogP contribution in [0.3, 0.4) is 0 Å². The molecular weight excluding hydrogens is 577 g/mol. The van der Waals surface area contributed by atoms with Crippen molar-refractivity contribution in [3.63, 3.8) is 0 Å². The molecule has 242 valence electrons. The van der Waals surface area contributed by atoms with E-state index in [0.717, 1.165) is 29.6 Å². The third-order valence-corrected chi connectivity index (χ3v) is 14.9. The highest BCUT2D eigenvalue weighted by molar-refractivity contribution is 5.76. The molecule has 0 spiro atoms. The monoisotopic (exact) mass is 626 g/mol. The molecule has 12 rings (SSSR count). The van der Waals surface area contributed by atoms with Crippen LogP contribution in [0.5, 0.6) is 0 Å². The maximum atomic E-state index is 2.60. The third kappa shape index (κ3) is 4.33. The van der Waals surface area contributed by atoms with E-state index in [1.54, 1.807) is 11.1 Å². The van der Waals surface area contributed by atoms with Crippen LogP contribution >= 0.6 is 0 Å². The molecule has 0 aromatic heterocycles. The Morgan fingerprint density at radius 2 is 0.792 bits per heavy atom. The van der Waals surface area contributed by atoms with E-state index in [4.69, 9.17) is 0 Å². The first-order valence-corrected chi connectivity index (χ1v) is 19.3. The van der Waals surface area contributed by atoms with Crippen LogP contribution in [0.1, 0.15) is 104 Å². The fourth-order valence-electron chi connectivity index (χ4n) is 14.2. The molecule has 8 saturated carbocycles. The van der Waals surface area contributed by atoms with Gasteiger partial charge in [-0.25, -0.2) is 0 Å². The minimum absolute atomic E-state index is 0.00132. The van der Waals surface area contributed by atoms with Crippen LogP contribution in [0.4, 0.5) is 0 Å². The minimum Gasteiger partial charge on any atom is -0.0622 e. The molecule has 8 aliphatic carbocycles. The molecule has 48 heavy (non-hydrogen) atoms. The molecule has 4 aromatic carbocycles. The molecule has 0 amide bonds. The second-order valence-corrected chi connectivity index (χ2v) is 17.3. The third-order valence-electron chi connectivity index (χ3n) is 14.9. The highest BCUT2D eigenvalue weighted by Crippen LogP contribution is 2.81. The summed E-state index contributed by atoms with van der Waals surface area (Å²) in [6.45, 7) is 0. The molecule has 2 atom stereocenters. The van der Waals surface area contributed by atoms with Crippen molar-refractivity contribution in [1.29, 1.82) is 0 Å². The zero-order valence-electron chi connectivity index (χ0n) is 28.4. The lowest BCUT2D eigenvalue weighted by Gasteiger charge is -2.77. The van der Waals surface area contributed by atoms with E-state index in [2.05, 4.69) is 133 Å². The van der Waals surface area contributed by atoms with Crippen LogP contribution in [0.25, 0.3) is 24.3 Å². The number of rotatable bonds is 7. The van der Waals surface area contributed by atoms with Gasteiger partial charge >= 0.3 is 0 Å². The van der Waals surface area contributed by atoms with E-state index >= 15 is 0 Å². The van der Waals surface area contributed by atoms with Crippen molar-refractivity contribution in [2.75, 3.05) is 0 Å². The molecule has 0 heteroatoms. The second kappa shape index (κ2) is 11.2. The highest BCUT2D eigenvalue weighted by Gasteiger charge is 2.74. The molecule has 0 saturated heterocycles. The van der Waals surface area contributed by atoms with Gasteiger partial charge in [0.05, 0.1) is 0 Å². The van der Waals surface area contributed by atoms with Gasteiger partial charge in [-0.1, -0.05) is 133 Å². The average molecular weight is 627 g/mol. The smallest absolute Gasteiger partial charge is 0.0304 e. The summed E-state index contributed by atoms with van der Waals surface area (Å²) in [5.41, 5.74) is 9.50. The molecule has 0 N–H and O–H groups in total. The van der Waals surface area contributed by atoms with Crippen molar-refractivity contribution in [2.45, 2.75) is 76.0 Å². The Balaban J connectivity index is 1.25. The van der Waals surface area contributed by atoms with E-state index < -0.39 is 0 Å². The molecule has 8 aliphatic rings. The van der Waals surface area contributed by atoms with Gasteiger partial charge in [0.25, 0.3) is 0 Å². The molecular formula is C48H50. The van der Waals surface area contributed by atoms with Crippen LogP contribution in [-0.2, 0) is 5.41 Å². The maximum absolute atomic E-state index is 2.60. The SMILES string of the molecule is C(=Cc1ccccc1C1(c2ccccc2C=Cc2ccccc2)C2CC3CC(C2)CC1(C12CC4CC(CC(C4)C1)C2)C3)c1ccccc1. The van der Waals surface area contributed by atoms with Gasteiger partial charge in [0.1, 0.15) is 0 Å². The summed E-state index contributed by atoms with van der Waals surface area (Å²) in [7, 11) is 0. The number of benzene rings is 4.